The maximum Gasteiger partial charge on any atom is 0.244 e. The molecule has 0 aliphatic carbocycles. The highest BCUT2D eigenvalue weighted by Gasteiger charge is 2.22. The third-order valence-corrected chi connectivity index (χ3v) is 5.58. The predicted molar refractivity (Wildman–Crippen MR) is 116 cm³/mol. The predicted octanol–water partition coefficient (Wildman–Crippen LogP) is 5.90. The van der Waals surface area contributed by atoms with Crippen molar-refractivity contribution >= 4 is 23.3 Å². The number of rotatable bonds is 9. The van der Waals surface area contributed by atoms with Gasteiger partial charge in [-0.25, -0.2) is 0 Å². The molecule has 2 aromatic heterocycles. The van der Waals surface area contributed by atoms with Gasteiger partial charge in [0.25, 0.3) is 0 Å². The quantitative estimate of drug-likeness (QED) is 0.453. The van der Waals surface area contributed by atoms with Gasteiger partial charge in [-0.15, -0.1) is 12.4 Å². The maximum atomic E-state index is 5.51. The zero-order valence-electron chi connectivity index (χ0n) is 16.7. The summed E-state index contributed by atoms with van der Waals surface area (Å²) < 4.78 is 7.87. The molecule has 1 N–H and O–H groups in total. The molecule has 1 fully saturated rings. The normalized spacial score (nSPS) is 16.5. The van der Waals surface area contributed by atoms with Crippen molar-refractivity contribution in [3.8, 4) is 11.4 Å². The van der Waals surface area contributed by atoms with E-state index in [9.17, 15) is 0 Å². The van der Waals surface area contributed by atoms with Gasteiger partial charge >= 0.3 is 0 Å². The van der Waals surface area contributed by atoms with Crippen LogP contribution in [0.4, 0.5) is 0 Å². The number of aryl methyl sites for hydroxylation is 1. The minimum atomic E-state index is 0. The van der Waals surface area contributed by atoms with Gasteiger partial charge in [-0.3, -0.25) is 0 Å². The van der Waals surface area contributed by atoms with E-state index in [-0.39, 0.29) is 18.4 Å². The second-order valence-electron chi connectivity index (χ2n) is 7.66. The van der Waals surface area contributed by atoms with Gasteiger partial charge in [0.1, 0.15) is 0 Å². The summed E-state index contributed by atoms with van der Waals surface area (Å²) in [5.41, 5.74) is 2.28. The van der Waals surface area contributed by atoms with E-state index < -0.39 is 0 Å². The first-order chi connectivity index (χ1) is 13.3. The number of aromatic nitrogens is 3. The second-order valence-corrected chi connectivity index (χ2v) is 7.66. The molecule has 1 aromatic carbocycles. The molecule has 0 bridgehead atoms. The molecule has 0 radical (unpaired) electrons. The number of benzene rings is 1. The molecule has 1 unspecified atom stereocenters. The first-order valence-electron chi connectivity index (χ1n) is 10.5. The Morgan fingerprint density at radius 2 is 2.00 bits per heavy atom. The number of nitrogens with zero attached hydrogens (tertiary/aromatic N) is 3. The van der Waals surface area contributed by atoms with Crippen LogP contribution in [0.5, 0.6) is 0 Å². The Morgan fingerprint density at radius 3 is 2.82 bits per heavy atom. The molecule has 152 valence electrons. The van der Waals surface area contributed by atoms with Crippen molar-refractivity contribution in [2.45, 2.75) is 70.9 Å². The molecule has 1 atom stereocenters. The topological polar surface area (TPSA) is 55.9 Å². The van der Waals surface area contributed by atoms with Gasteiger partial charge in [0, 0.05) is 23.8 Å². The van der Waals surface area contributed by atoms with Crippen LogP contribution in [-0.4, -0.2) is 21.3 Å². The van der Waals surface area contributed by atoms with E-state index in [4.69, 9.17) is 4.52 Å². The van der Waals surface area contributed by atoms with Crippen molar-refractivity contribution < 1.29 is 4.52 Å². The van der Waals surface area contributed by atoms with Crippen molar-refractivity contribution in [2.75, 3.05) is 6.54 Å². The van der Waals surface area contributed by atoms with E-state index in [2.05, 4.69) is 57.4 Å². The van der Waals surface area contributed by atoms with Gasteiger partial charge in [0.15, 0.2) is 0 Å². The Hall–Kier alpha value is -1.85. The Bertz CT molecular complexity index is 866. The minimum Gasteiger partial charge on any atom is -0.347 e. The average molecular weight is 403 g/mol. The molecule has 3 aromatic rings. The minimum absolute atomic E-state index is 0. The number of hydrogen-bond donors (Lipinski definition) is 1. The van der Waals surface area contributed by atoms with E-state index in [1.165, 1.54) is 55.8 Å². The standard InChI is InChI=1S/C22H30N4O.ClH/c1-2-3-4-5-6-7-14-26-15-12-17-10-11-18(16-20(17)26)21-24-22(27-25-21)19-9-8-13-23-19;/h10-12,15-16,19,23H,2-9,13-14H2,1H3;1H. The molecule has 1 aliphatic heterocycles. The summed E-state index contributed by atoms with van der Waals surface area (Å²) in [7, 11) is 0. The fraction of sp³-hybridized carbons (Fsp3) is 0.545. The van der Waals surface area contributed by atoms with E-state index in [0.717, 1.165) is 25.1 Å². The molecule has 4 rings (SSSR count). The van der Waals surface area contributed by atoms with Crippen molar-refractivity contribution in [2.24, 2.45) is 0 Å². The fourth-order valence-corrected chi connectivity index (χ4v) is 3.97. The first kappa shape index (κ1) is 20.9. The number of halogens is 1. The lowest BCUT2D eigenvalue weighted by molar-refractivity contribution is 0.345. The van der Waals surface area contributed by atoms with Crippen LogP contribution in [0.15, 0.2) is 35.0 Å². The molecule has 28 heavy (non-hydrogen) atoms. The highest BCUT2D eigenvalue weighted by molar-refractivity contribution is 5.85. The van der Waals surface area contributed by atoms with Crippen LogP contribution in [0.3, 0.4) is 0 Å². The monoisotopic (exact) mass is 402 g/mol. The van der Waals surface area contributed by atoms with Crippen LogP contribution in [0.1, 0.15) is 70.2 Å². The zero-order chi connectivity index (χ0) is 18.5. The van der Waals surface area contributed by atoms with Gasteiger partial charge in [-0.2, -0.15) is 4.98 Å². The van der Waals surface area contributed by atoms with Gasteiger partial charge < -0.3 is 14.4 Å². The molecule has 6 heteroatoms. The largest absolute Gasteiger partial charge is 0.347 e. The summed E-state index contributed by atoms with van der Waals surface area (Å²) >= 11 is 0. The van der Waals surface area contributed by atoms with Crippen LogP contribution in [-0.2, 0) is 6.54 Å². The number of hydrogen-bond acceptors (Lipinski definition) is 4. The molecule has 0 amide bonds. The summed E-state index contributed by atoms with van der Waals surface area (Å²) in [6, 6.07) is 8.86. The summed E-state index contributed by atoms with van der Waals surface area (Å²) in [6.45, 7) is 4.36. The molecule has 0 spiro atoms. The Balaban J connectivity index is 0.00000225. The lowest BCUT2D eigenvalue weighted by Gasteiger charge is -2.06. The molecule has 0 saturated carbocycles. The molecular formula is C22H31ClN4O. The SMILES string of the molecule is CCCCCCCCn1ccc2ccc(-c3noc(C4CCCN4)n3)cc21.Cl. The third kappa shape index (κ3) is 4.76. The van der Waals surface area contributed by atoms with Crippen molar-refractivity contribution in [1.82, 2.24) is 20.0 Å². The zero-order valence-corrected chi connectivity index (χ0v) is 17.5. The van der Waals surface area contributed by atoms with Crippen LogP contribution in [0.2, 0.25) is 0 Å². The molecular weight excluding hydrogens is 372 g/mol. The van der Waals surface area contributed by atoms with Gasteiger partial charge in [0.05, 0.1) is 6.04 Å². The Labute approximate surface area is 173 Å². The smallest absolute Gasteiger partial charge is 0.244 e. The lowest BCUT2D eigenvalue weighted by Crippen LogP contribution is -2.12. The van der Waals surface area contributed by atoms with Crippen molar-refractivity contribution in [3.63, 3.8) is 0 Å². The molecule has 1 saturated heterocycles. The van der Waals surface area contributed by atoms with Crippen LogP contribution >= 0.6 is 12.4 Å². The van der Waals surface area contributed by atoms with Gasteiger partial charge in [-0.1, -0.05) is 56.3 Å². The highest BCUT2D eigenvalue weighted by atomic mass is 35.5. The van der Waals surface area contributed by atoms with E-state index in [1.54, 1.807) is 0 Å². The maximum absolute atomic E-state index is 5.51. The average Bonchev–Trinajstić information content (AvgIpc) is 3.44. The fourth-order valence-electron chi connectivity index (χ4n) is 3.97. The van der Waals surface area contributed by atoms with Crippen molar-refractivity contribution in [1.29, 1.82) is 0 Å². The molecule has 3 heterocycles. The third-order valence-electron chi connectivity index (χ3n) is 5.58. The summed E-state index contributed by atoms with van der Waals surface area (Å²) in [4.78, 5) is 4.64. The summed E-state index contributed by atoms with van der Waals surface area (Å²) in [6.07, 6.45) is 12.4. The van der Waals surface area contributed by atoms with E-state index in [1.807, 2.05) is 0 Å². The van der Waals surface area contributed by atoms with Gasteiger partial charge in [0.2, 0.25) is 11.7 Å². The van der Waals surface area contributed by atoms with Crippen LogP contribution in [0, 0.1) is 0 Å². The van der Waals surface area contributed by atoms with Crippen molar-refractivity contribution in [3.05, 3.63) is 36.4 Å². The van der Waals surface area contributed by atoms with E-state index in [0.29, 0.717) is 11.7 Å². The Kier molecular flexibility index (Phi) is 7.51. The van der Waals surface area contributed by atoms with Gasteiger partial charge in [-0.05, 0) is 43.3 Å². The number of nitrogens with one attached hydrogen (secondary N) is 1. The summed E-state index contributed by atoms with van der Waals surface area (Å²) in [5, 5.41) is 8.90. The molecule has 5 nitrogen and oxygen atoms in total. The van der Waals surface area contributed by atoms with E-state index >= 15 is 0 Å². The molecule has 1 aliphatic rings. The second kappa shape index (κ2) is 10.1. The number of unbranched alkanes of at least 4 members (excludes halogenated alkanes) is 5. The lowest BCUT2D eigenvalue weighted by atomic mass is 10.1. The number of fused-ring (bicyclic) bond motifs is 1. The van der Waals surface area contributed by atoms with Crippen LogP contribution in [0.25, 0.3) is 22.3 Å². The summed E-state index contributed by atoms with van der Waals surface area (Å²) in [5.74, 6) is 1.40. The van der Waals surface area contributed by atoms with Crippen LogP contribution < -0.4 is 5.32 Å². The first-order valence-corrected chi connectivity index (χ1v) is 10.5. The highest BCUT2D eigenvalue weighted by Crippen LogP contribution is 2.27. The Morgan fingerprint density at radius 1 is 1.14 bits per heavy atom.